The van der Waals surface area contributed by atoms with E-state index < -0.39 is 0 Å². The lowest BCUT2D eigenvalue weighted by Gasteiger charge is -2.27. The quantitative estimate of drug-likeness (QED) is 0.486. The van der Waals surface area contributed by atoms with Crippen molar-refractivity contribution in [1.29, 1.82) is 0 Å². The summed E-state index contributed by atoms with van der Waals surface area (Å²) in [5.74, 6) is 0. The van der Waals surface area contributed by atoms with Crippen LogP contribution in [-0.2, 0) is 0 Å². The van der Waals surface area contributed by atoms with Gasteiger partial charge in [0.25, 0.3) is 0 Å². The van der Waals surface area contributed by atoms with Crippen LogP contribution in [0.1, 0.15) is 33.1 Å². The molecule has 0 radical (unpaired) electrons. The van der Waals surface area contributed by atoms with Gasteiger partial charge in [0, 0.05) is 26.2 Å². The van der Waals surface area contributed by atoms with Crippen molar-refractivity contribution in [3.63, 3.8) is 0 Å². The normalized spacial score (nSPS) is 12.3. The lowest BCUT2D eigenvalue weighted by molar-refractivity contribution is 0.202. The molecular formula is C17H40N4. The Bertz CT molecular complexity index is 197. The highest BCUT2D eigenvalue weighted by atomic mass is 15.2. The Morgan fingerprint density at radius 2 is 0.857 bits per heavy atom. The van der Waals surface area contributed by atoms with E-state index in [-0.39, 0.29) is 0 Å². The first-order valence-corrected chi connectivity index (χ1v) is 8.73. The predicted octanol–water partition coefficient (Wildman–Crippen LogP) is 1.92. The molecule has 0 aliphatic rings. The van der Waals surface area contributed by atoms with Gasteiger partial charge in [0.1, 0.15) is 0 Å². The standard InChI is InChI=1S/C17H40N4/c1-7-10-20(16-14-18(3)4)12-9-13-21(11-8-2)17-15-19(5)6/h7-17H2,1-6H3. The molecule has 4 heteroatoms. The fourth-order valence-corrected chi connectivity index (χ4v) is 2.50. The van der Waals surface area contributed by atoms with Crippen LogP contribution >= 0.6 is 0 Å². The predicted molar refractivity (Wildman–Crippen MR) is 95.2 cm³/mol. The van der Waals surface area contributed by atoms with Gasteiger partial charge >= 0.3 is 0 Å². The number of nitrogens with zero attached hydrogens (tertiary/aromatic N) is 4. The molecular weight excluding hydrogens is 260 g/mol. The van der Waals surface area contributed by atoms with Gasteiger partial charge in [0.2, 0.25) is 0 Å². The van der Waals surface area contributed by atoms with E-state index >= 15 is 0 Å². The van der Waals surface area contributed by atoms with Crippen LogP contribution in [0.2, 0.25) is 0 Å². The highest BCUT2D eigenvalue weighted by Gasteiger charge is 2.07. The molecule has 0 rings (SSSR count). The molecule has 0 aliphatic heterocycles. The van der Waals surface area contributed by atoms with Crippen molar-refractivity contribution >= 4 is 0 Å². The lowest BCUT2D eigenvalue weighted by Crippen LogP contribution is -2.37. The number of hydrogen-bond acceptors (Lipinski definition) is 4. The molecule has 0 N–H and O–H groups in total. The van der Waals surface area contributed by atoms with Crippen molar-refractivity contribution in [3.05, 3.63) is 0 Å². The van der Waals surface area contributed by atoms with E-state index in [1.165, 1.54) is 71.6 Å². The fraction of sp³-hybridized carbons (Fsp3) is 1.00. The van der Waals surface area contributed by atoms with Crippen LogP contribution in [0, 0.1) is 0 Å². The van der Waals surface area contributed by atoms with Gasteiger partial charge in [-0.05, 0) is 73.6 Å². The smallest absolute Gasteiger partial charge is 0.0109 e. The highest BCUT2D eigenvalue weighted by Crippen LogP contribution is 1.99. The van der Waals surface area contributed by atoms with Crippen LogP contribution in [0.5, 0.6) is 0 Å². The Balaban J connectivity index is 3.99. The summed E-state index contributed by atoms with van der Waals surface area (Å²) in [6, 6.07) is 0. The van der Waals surface area contributed by atoms with Crippen LogP contribution in [-0.4, -0.2) is 100 Å². The first-order chi connectivity index (χ1) is 9.99. The molecule has 128 valence electrons. The minimum Gasteiger partial charge on any atom is -0.308 e. The van der Waals surface area contributed by atoms with Gasteiger partial charge in [-0.15, -0.1) is 0 Å². The average molecular weight is 301 g/mol. The van der Waals surface area contributed by atoms with E-state index in [1.54, 1.807) is 0 Å². The first kappa shape index (κ1) is 20.8. The third kappa shape index (κ3) is 13.2. The minimum atomic E-state index is 1.17. The molecule has 0 unspecified atom stereocenters. The largest absolute Gasteiger partial charge is 0.308 e. The van der Waals surface area contributed by atoms with E-state index in [0.717, 1.165) is 0 Å². The summed E-state index contributed by atoms with van der Waals surface area (Å²) in [6.07, 6.45) is 3.81. The van der Waals surface area contributed by atoms with Gasteiger partial charge in [0.05, 0.1) is 0 Å². The fourth-order valence-electron chi connectivity index (χ4n) is 2.50. The van der Waals surface area contributed by atoms with Crippen molar-refractivity contribution in [2.45, 2.75) is 33.1 Å². The van der Waals surface area contributed by atoms with Gasteiger partial charge < -0.3 is 19.6 Å². The maximum Gasteiger partial charge on any atom is 0.0109 e. The monoisotopic (exact) mass is 300 g/mol. The molecule has 4 nitrogen and oxygen atoms in total. The average Bonchev–Trinajstić information content (AvgIpc) is 2.41. The van der Waals surface area contributed by atoms with Crippen LogP contribution in [0.25, 0.3) is 0 Å². The molecule has 21 heavy (non-hydrogen) atoms. The Hall–Kier alpha value is -0.160. The molecule has 0 saturated heterocycles. The van der Waals surface area contributed by atoms with Crippen LogP contribution < -0.4 is 0 Å². The Labute approximate surface area is 134 Å². The summed E-state index contributed by atoms with van der Waals surface area (Å²) >= 11 is 0. The summed E-state index contributed by atoms with van der Waals surface area (Å²) in [6.45, 7) is 14.2. The maximum atomic E-state index is 2.62. The summed E-state index contributed by atoms with van der Waals surface area (Å²) < 4.78 is 0. The van der Waals surface area contributed by atoms with Gasteiger partial charge in [-0.25, -0.2) is 0 Å². The Morgan fingerprint density at radius 3 is 1.14 bits per heavy atom. The van der Waals surface area contributed by atoms with Crippen molar-refractivity contribution in [2.75, 3.05) is 80.5 Å². The molecule has 0 fully saturated rings. The number of likely N-dealkylation sites (N-methyl/N-ethyl adjacent to an activating group) is 2. The molecule has 0 atom stereocenters. The Morgan fingerprint density at radius 1 is 0.476 bits per heavy atom. The first-order valence-electron chi connectivity index (χ1n) is 8.73. The molecule has 0 heterocycles. The van der Waals surface area contributed by atoms with Crippen molar-refractivity contribution in [3.8, 4) is 0 Å². The zero-order chi connectivity index (χ0) is 16.1. The van der Waals surface area contributed by atoms with E-state index in [0.29, 0.717) is 0 Å². The van der Waals surface area contributed by atoms with Crippen LogP contribution in [0.3, 0.4) is 0 Å². The van der Waals surface area contributed by atoms with Gasteiger partial charge in [-0.1, -0.05) is 13.8 Å². The zero-order valence-electron chi connectivity index (χ0n) is 15.6. The zero-order valence-corrected chi connectivity index (χ0v) is 15.6. The van der Waals surface area contributed by atoms with Gasteiger partial charge in [0.15, 0.2) is 0 Å². The van der Waals surface area contributed by atoms with E-state index in [4.69, 9.17) is 0 Å². The van der Waals surface area contributed by atoms with E-state index in [9.17, 15) is 0 Å². The molecule has 0 saturated carbocycles. The topological polar surface area (TPSA) is 13.0 Å². The number of rotatable bonds is 14. The second-order valence-electron chi connectivity index (χ2n) is 6.64. The number of hydrogen-bond donors (Lipinski definition) is 0. The third-order valence-corrected chi connectivity index (χ3v) is 3.76. The van der Waals surface area contributed by atoms with Crippen LogP contribution in [0.15, 0.2) is 0 Å². The summed E-state index contributed by atoms with van der Waals surface area (Å²) in [5.41, 5.74) is 0. The van der Waals surface area contributed by atoms with Crippen molar-refractivity contribution in [2.24, 2.45) is 0 Å². The van der Waals surface area contributed by atoms with Crippen molar-refractivity contribution in [1.82, 2.24) is 19.6 Å². The summed E-state index contributed by atoms with van der Waals surface area (Å²) in [5, 5.41) is 0. The van der Waals surface area contributed by atoms with Gasteiger partial charge in [-0.2, -0.15) is 0 Å². The molecule has 0 amide bonds. The molecule has 0 spiro atoms. The highest BCUT2D eigenvalue weighted by molar-refractivity contribution is 4.64. The second-order valence-corrected chi connectivity index (χ2v) is 6.64. The third-order valence-electron chi connectivity index (χ3n) is 3.76. The molecule has 0 aliphatic carbocycles. The minimum absolute atomic E-state index is 1.17. The van der Waals surface area contributed by atoms with Crippen molar-refractivity contribution < 1.29 is 0 Å². The lowest BCUT2D eigenvalue weighted by atomic mass is 10.3. The summed E-state index contributed by atoms with van der Waals surface area (Å²) in [7, 11) is 8.64. The summed E-state index contributed by atoms with van der Waals surface area (Å²) in [4.78, 5) is 9.80. The maximum absolute atomic E-state index is 2.62. The SMILES string of the molecule is CCCN(CCCN(CCC)CCN(C)C)CCN(C)C. The van der Waals surface area contributed by atoms with Gasteiger partial charge in [-0.3, -0.25) is 0 Å². The second kappa shape index (κ2) is 13.5. The molecule has 0 bridgehead atoms. The van der Waals surface area contributed by atoms with Crippen LogP contribution in [0.4, 0.5) is 0 Å². The van der Waals surface area contributed by atoms with E-state index in [2.05, 4.69) is 61.6 Å². The Kier molecular flexibility index (Phi) is 13.4. The molecule has 0 aromatic carbocycles. The molecule has 0 aromatic rings. The van der Waals surface area contributed by atoms with E-state index in [1.807, 2.05) is 0 Å². The molecule has 0 aromatic heterocycles.